The summed E-state index contributed by atoms with van der Waals surface area (Å²) < 4.78 is 23.1. The van der Waals surface area contributed by atoms with Crippen LogP contribution in [0, 0.1) is 19.8 Å². The number of amides is 1. The number of phenols is 1. The highest BCUT2D eigenvalue weighted by molar-refractivity contribution is 6.00. The molecule has 9 nitrogen and oxygen atoms in total. The van der Waals surface area contributed by atoms with Gasteiger partial charge in [0.05, 0.1) is 33.5 Å². The number of H-pyrrole nitrogens is 1. The normalized spacial score (nSPS) is 14.2. The number of nitrogens with zero attached hydrogens (tertiary/aromatic N) is 2. The van der Waals surface area contributed by atoms with Crippen LogP contribution in [0.2, 0.25) is 0 Å². The van der Waals surface area contributed by atoms with Gasteiger partial charge in [0.2, 0.25) is 0 Å². The van der Waals surface area contributed by atoms with Gasteiger partial charge in [0.15, 0.2) is 23.0 Å². The van der Waals surface area contributed by atoms with Crippen LogP contribution < -0.4 is 18.9 Å². The maximum Gasteiger partial charge on any atom is 0.273 e. The van der Waals surface area contributed by atoms with Crippen LogP contribution in [0.4, 0.5) is 0 Å². The number of aromatic nitrogens is 2. The molecule has 1 aliphatic heterocycles. The maximum absolute atomic E-state index is 14.1. The van der Waals surface area contributed by atoms with Crippen molar-refractivity contribution >= 4 is 5.91 Å². The van der Waals surface area contributed by atoms with Gasteiger partial charge in [-0.3, -0.25) is 9.89 Å². The first kappa shape index (κ1) is 31.8. The molecule has 2 heterocycles. The minimum atomic E-state index is -0.481. The lowest BCUT2D eigenvalue weighted by Crippen LogP contribution is -2.31. The number of nitrogens with one attached hydrogen (secondary N) is 1. The third-order valence-electron chi connectivity index (χ3n) is 8.19. The van der Waals surface area contributed by atoms with E-state index in [9.17, 15) is 9.90 Å². The standard InChI is InChI=1S/C36H43N3O6/c1-8-44-30-20-25(10-12-28(30)45-16-14-21(2)3)35-32-33(31-23(5)17-22(4)18-26(31)40)37-38-34(32)36(41)39(35)15-13-24-9-11-27(42-6)29(19-24)43-7/h9-12,17-21,35,40H,8,13-16H2,1-7H3,(H,37,38). The first-order valence-corrected chi connectivity index (χ1v) is 15.5. The van der Waals surface area contributed by atoms with Crippen LogP contribution in [-0.2, 0) is 6.42 Å². The molecule has 238 valence electrons. The molecule has 0 aliphatic carbocycles. The van der Waals surface area contributed by atoms with Crippen molar-refractivity contribution in [3.63, 3.8) is 0 Å². The van der Waals surface area contributed by atoms with Crippen molar-refractivity contribution in [1.29, 1.82) is 0 Å². The van der Waals surface area contributed by atoms with E-state index in [0.717, 1.165) is 34.2 Å². The van der Waals surface area contributed by atoms with E-state index in [1.165, 1.54) is 0 Å². The first-order chi connectivity index (χ1) is 21.7. The molecule has 9 heteroatoms. The SMILES string of the molecule is CCOc1cc(C2c3c(-c4c(C)cc(C)cc4O)n[nH]c3C(=O)N2CCc2ccc(OC)c(OC)c2)ccc1OCCC(C)C. The van der Waals surface area contributed by atoms with E-state index >= 15 is 0 Å². The van der Waals surface area contributed by atoms with Crippen molar-refractivity contribution in [1.82, 2.24) is 15.1 Å². The number of aromatic hydroxyl groups is 1. The summed E-state index contributed by atoms with van der Waals surface area (Å²) in [5, 5.41) is 18.7. The van der Waals surface area contributed by atoms with E-state index < -0.39 is 6.04 Å². The third-order valence-corrected chi connectivity index (χ3v) is 8.19. The topological polar surface area (TPSA) is 106 Å². The van der Waals surface area contributed by atoms with Crippen molar-refractivity contribution in [2.24, 2.45) is 5.92 Å². The minimum absolute atomic E-state index is 0.126. The summed E-state index contributed by atoms with van der Waals surface area (Å²) in [6.07, 6.45) is 1.51. The molecule has 4 aromatic rings. The number of fused-ring (bicyclic) bond motifs is 1. The molecule has 0 radical (unpaired) electrons. The van der Waals surface area contributed by atoms with Crippen LogP contribution in [0.1, 0.15) is 71.5 Å². The lowest BCUT2D eigenvalue weighted by Gasteiger charge is -2.27. The maximum atomic E-state index is 14.1. The van der Waals surface area contributed by atoms with Crippen LogP contribution in [0.5, 0.6) is 28.7 Å². The highest BCUT2D eigenvalue weighted by Crippen LogP contribution is 2.47. The molecule has 3 aromatic carbocycles. The van der Waals surface area contributed by atoms with Gasteiger partial charge in [-0.1, -0.05) is 32.0 Å². The minimum Gasteiger partial charge on any atom is -0.507 e. The van der Waals surface area contributed by atoms with E-state index in [-0.39, 0.29) is 11.7 Å². The smallest absolute Gasteiger partial charge is 0.273 e. The lowest BCUT2D eigenvalue weighted by atomic mass is 9.93. The van der Waals surface area contributed by atoms with Crippen molar-refractivity contribution in [2.45, 2.75) is 53.5 Å². The number of aromatic amines is 1. The Bertz CT molecular complexity index is 1650. The quantitative estimate of drug-likeness (QED) is 0.167. The summed E-state index contributed by atoms with van der Waals surface area (Å²) in [7, 11) is 3.21. The zero-order chi connectivity index (χ0) is 32.2. The molecule has 0 saturated heterocycles. The number of benzene rings is 3. The molecule has 45 heavy (non-hydrogen) atoms. The van der Waals surface area contributed by atoms with E-state index in [1.807, 2.05) is 68.1 Å². The molecular formula is C36H43N3O6. The summed E-state index contributed by atoms with van der Waals surface area (Å²) in [5.41, 5.74) is 5.99. The third kappa shape index (κ3) is 6.43. The number of methoxy groups -OCH3 is 2. The molecule has 0 saturated carbocycles. The predicted molar refractivity (Wildman–Crippen MR) is 174 cm³/mol. The summed E-state index contributed by atoms with van der Waals surface area (Å²) in [4.78, 5) is 15.9. The van der Waals surface area contributed by atoms with Crippen molar-refractivity contribution < 1.29 is 28.8 Å². The first-order valence-electron chi connectivity index (χ1n) is 15.5. The van der Waals surface area contributed by atoms with Gasteiger partial charge in [0, 0.05) is 17.7 Å². The van der Waals surface area contributed by atoms with Crippen LogP contribution in [0.3, 0.4) is 0 Å². The Morgan fingerprint density at radius 2 is 1.71 bits per heavy atom. The van der Waals surface area contributed by atoms with E-state index in [2.05, 4.69) is 24.0 Å². The summed E-state index contributed by atoms with van der Waals surface area (Å²) in [6, 6.07) is 14.9. The number of phenolic OH excluding ortho intramolecular Hbond substituents is 1. The number of rotatable bonds is 13. The fraction of sp³-hybridized carbons (Fsp3) is 0.389. The van der Waals surface area contributed by atoms with Gasteiger partial charge < -0.3 is 29.0 Å². The Kier molecular flexibility index (Phi) is 9.56. The largest absolute Gasteiger partial charge is 0.507 e. The number of aryl methyl sites for hydroxylation is 2. The predicted octanol–water partition coefficient (Wildman–Crippen LogP) is 7.03. The molecule has 1 amide bonds. The van der Waals surface area contributed by atoms with Gasteiger partial charge in [-0.15, -0.1) is 0 Å². The molecule has 1 atom stereocenters. The van der Waals surface area contributed by atoms with Gasteiger partial charge in [-0.25, -0.2) is 0 Å². The number of carbonyl (C=O) groups excluding carboxylic acids is 1. The second-order valence-electron chi connectivity index (χ2n) is 11.8. The summed E-state index contributed by atoms with van der Waals surface area (Å²) >= 11 is 0. The van der Waals surface area contributed by atoms with Gasteiger partial charge in [-0.05, 0) is 92.1 Å². The van der Waals surface area contributed by atoms with Crippen LogP contribution in [0.25, 0.3) is 11.3 Å². The van der Waals surface area contributed by atoms with Crippen molar-refractivity contribution in [2.75, 3.05) is 34.0 Å². The molecule has 0 fully saturated rings. The molecule has 5 rings (SSSR count). The fourth-order valence-corrected chi connectivity index (χ4v) is 5.99. The van der Waals surface area contributed by atoms with E-state index in [4.69, 9.17) is 18.9 Å². The Hall–Kier alpha value is -4.66. The average Bonchev–Trinajstić information content (AvgIpc) is 3.54. The molecule has 1 aromatic heterocycles. The van der Waals surface area contributed by atoms with Gasteiger partial charge in [0.25, 0.3) is 5.91 Å². The van der Waals surface area contributed by atoms with Gasteiger partial charge >= 0.3 is 0 Å². The number of carbonyl (C=O) groups is 1. The molecule has 0 bridgehead atoms. The molecule has 1 unspecified atom stereocenters. The Labute approximate surface area is 265 Å². The van der Waals surface area contributed by atoms with Gasteiger partial charge in [-0.2, -0.15) is 5.10 Å². The lowest BCUT2D eigenvalue weighted by molar-refractivity contribution is 0.0745. The highest BCUT2D eigenvalue weighted by Gasteiger charge is 2.43. The molecular weight excluding hydrogens is 570 g/mol. The summed E-state index contributed by atoms with van der Waals surface area (Å²) in [5.74, 6) is 3.06. The Morgan fingerprint density at radius 1 is 0.956 bits per heavy atom. The fourth-order valence-electron chi connectivity index (χ4n) is 5.99. The molecule has 1 aliphatic rings. The molecule has 2 N–H and O–H groups in total. The zero-order valence-corrected chi connectivity index (χ0v) is 27.2. The second kappa shape index (κ2) is 13.5. The van der Waals surface area contributed by atoms with Crippen LogP contribution in [0.15, 0.2) is 48.5 Å². The van der Waals surface area contributed by atoms with E-state index in [1.54, 1.807) is 20.3 Å². The monoisotopic (exact) mass is 613 g/mol. The second-order valence-corrected chi connectivity index (χ2v) is 11.8. The molecule has 0 spiro atoms. The number of hydrogen-bond donors (Lipinski definition) is 2. The van der Waals surface area contributed by atoms with E-state index in [0.29, 0.717) is 72.0 Å². The Balaban J connectivity index is 1.58. The van der Waals surface area contributed by atoms with Crippen molar-refractivity contribution in [3.05, 3.63) is 82.0 Å². The number of ether oxygens (including phenoxy) is 4. The van der Waals surface area contributed by atoms with Crippen molar-refractivity contribution in [3.8, 4) is 40.0 Å². The average molecular weight is 614 g/mol. The highest BCUT2D eigenvalue weighted by atomic mass is 16.5. The zero-order valence-electron chi connectivity index (χ0n) is 27.2. The van der Waals surface area contributed by atoms with Crippen LogP contribution in [-0.4, -0.2) is 60.1 Å². The number of hydrogen-bond acceptors (Lipinski definition) is 7. The summed E-state index contributed by atoms with van der Waals surface area (Å²) in [6.45, 7) is 11.6. The Morgan fingerprint density at radius 3 is 2.40 bits per heavy atom. The van der Waals surface area contributed by atoms with Crippen LogP contribution >= 0.6 is 0 Å². The van der Waals surface area contributed by atoms with Gasteiger partial charge in [0.1, 0.15) is 17.1 Å².